The molecule has 8 heteroatoms. The maximum absolute atomic E-state index is 13.4. The smallest absolute Gasteiger partial charge is 0.194 e. The summed E-state index contributed by atoms with van der Waals surface area (Å²) in [6, 6.07) is 0.874. The van der Waals surface area contributed by atoms with Gasteiger partial charge in [-0.05, 0) is 31.5 Å². The first kappa shape index (κ1) is 15.8. The molecule has 114 valence electrons. The van der Waals surface area contributed by atoms with Crippen LogP contribution in [-0.4, -0.2) is 9.78 Å². The highest BCUT2D eigenvalue weighted by molar-refractivity contribution is 6.31. The summed E-state index contributed by atoms with van der Waals surface area (Å²) < 4.78 is 41.4. The Morgan fingerprint density at radius 3 is 2.29 bits per heavy atom. The molecule has 1 heterocycles. The molecule has 1 aromatic heterocycles. The predicted molar refractivity (Wildman–Crippen MR) is 73.1 cm³/mol. The molecule has 4 nitrogen and oxygen atoms in total. The van der Waals surface area contributed by atoms with Gasteiger partial charge in [0.25, 0.3) is 0 Å². The zero-order chi connectivity index (χ0) is 15.7. The first-order valence-corrected chi connectivity index (χ1v) is 6.58. The number of rotatable bonds is 4. The number of aromatic nitrogens is 2. The summed E-state index contributed by atoms with van der Waals surface area (Å²) in [4.78, 5) is 0. The van der Waals surface area contributed by atoms with E-state index in [0.29, 0.717) is 5.69 Å². The average molecular weight is 319 g/mol. The molecule has 0 bridgehead atoms. The van der Waals surface area contributed by atoms with Gasteiger partial charge in [-0.1, -0.05) is 11.6 Å². The molecule has 0 radical (unpaired) electrons. The summed E-state index contributed by atoms with van der Waals surface area (Å²) >= 11 is 6.08. The van der Waals surface area contributed by atoms with Crippen LogP contribution in [0.15, 0.2) is 18.3 Å². The highest BCUT2D eigenvalue weighted by Crippen LogP contribution is 2.31. The minimum Gasteiger partial charge on any atom is -0.271 e. The van der Waals surface area contributed by atoms with Crippen LogP contribution in [0.3, 0.4) is 0 Å². The molecule has 0 aliphatic carbocycles. The van der Waals surface area contributed by atoms with Gasteiger partial charge in [0.05, 0.1) is 23.0 Å². The Bertz CT molecular complexity index is 634. The lowest BCUT2D eigenvalue weighted by molar-refractivity contribution is 0.438. The maximum atomic E-state index is 13.4. The second-order valence-corrected chi connectivity index (χ2v) is 5.22. The normalized spacial score (nSPS) is 13.0. The number of nitrogens with zero attached hydrogens (tertiary/aromatic N) is 2. The van der Waals surface area contributed by atoms with Crippen molar-refractivity contribution in [2.45, 2.75) is 25.9 Å². The highest BCUT2D eigenvalue weighted by atomic mass is 35.5. The number of nitrogens with two attached hydrogens (primary N) is 1. The van der Waals surface area contributed by atoms with E-state index in [4.69, 9.17) is 17.4 Å². The minimum absolute atomic E-state index is 0.0431. The van der Waals surface area contributed by atoms with Crippen LogP contribution in [0.4, 0.5) is 13.2 Å². The molecule has 0 saturated carbocycles. The van der Waals surface area contributed by atoms with Gasteiger partial charge in [0, 0.05) is 6.04 Å². The van der Waals surface area contributed by atoms with Crippen molar-refractivity contribution >= 4 is 11.6 Å². The van der Waals surface area contributed by atoms with Crippen molar-refractivity contribution < 1.29 is 13.2 Å². The van der Waals surface area contributed by atoms with Gasteiger partial charge in [0.2, 0.25) is 0 Å². The van der Waals surface area contributed by atoms with E-state index in [-0.39, 0.29) is 16.6 Å². The second kappa shape index (κ2) is 6.05. The Balaban J connectivity index is 2.58. The molecule has 0 saturated heterocycles. The topological polar surface area (TPSA) is 55.9 Å². The number of hydrazine groups is 1. The average Bonchev–Trinajstić information content (AvgIpc) is 2.79. The Kier molecular flexibility index (Phi) is 4.55. The Labute approximate surface area is 124 Å². The van der Waals surface area contributed by atoms with Crippen molar-refractivity contribution in [1.82, 2.24) is 15.2 Å². The molecule has 0 amide bonds. The first-order valence-electron chi connectivity index (χ1n) is 6.20. The van der Waals surface area contributed by atoms with Crippen LogP contribution >= 0.6 is 11.6 Å². The third-order valence-corrected chi connectivity index (χ3v) is 3.35. The van der Waals surface area contributed by atoms with Gasteiger partial charge in [-0.2, -0.15) is 5.10 Å². The van der Waals surface area contributed by atoms with Gasteiger partial charge >= 0.3 is 0 Å². The molecule has 2 aromatic rings. The van der Waals surface area contributed by atoms with Crippen molar-refractivity contribution in [3.63, 3.8) is 0 Å². The zero-order valence-electron chi connectivity index (χ0n) is 11.4. The molecule has 3 N–H and O–H groups in total. The van der Waals surface area contributed by atoms with E-state index >= 15 is 0 Å². The van der Waals surface area contributed by atoms with Crippen molar-refractivity contribution in [3.05, 3.63) is 52.1 Å². The summed E-state index contributed by atoms with van der Waals surface area (Å²) in [5.74, 6) is 1.37. The lowest BCUT2D eigenvalue weighted by Gasteiger charge is -2.21. The third-order valence-electron chi connectivity index (χ3n) is 3.06. The van der Waals surface area contributed by atoms with Crippen LogP contribution in [-0.2, 0) is 0 Å². The van der Waals surface area contributed by atoms with Crippen molar-refractivity contribution in [3.8, 4) is 0 Å². The molecule has 0 spiro atoms. The van der Waals surface area contributed by atoms with Crippen LogP contribution in [0.1, 0.15) is 37.2 Å². The van der Waals surface area contributed by atoms with E-state index in [0.717, 1.165) is 12.1 Å². The number of hydrogen-bond acceptors (Lipinski definition) is 3. The molecule has 1 atom stereocenters. The molecule has 2 rings (SSSR count). The number of halogens is 4. The fraction of sp³-hybridized carbons (Fsp3) is 0.308. The van der Waals surface area contributed by atoms with Gasteiger partial charge in [-0.15, -0.1) is 0 Å². The van der Waals surface area contributed by atoms with Gasteiger partial charge in [0.1, 0.15) is 0 Å². The molecular weight excluding hydrogens is 305 g/mol. The molecule has 1 aromatic carbocycles. The van der Waals surface area contributed by atoms with Crippen molar-refractivity contribution in [1.29, 1.82) is 0 Å². The highest BCUT2D eigenvalue weighted by Gasteiger charge is 2.24. The fourth-order valence-corrected chi connectivity index (χ4v) is 2.35. The number of hydrogen-bond donors (Lipinski definition) is 2. The molecular formula is C13H14ClF3N4. The Morgan fingerprint density at radius 2 is 1.81 bits per heavy atom. The van der Waals surface area contributed by atoms with E-state index < -0.39 is 23.5 Å². The molecule has 0 aliphatic rings. The second-order valence-electron chi connectivity index (χ2n) is 4.81. The van der Waals surface area contributed by atoms with E-state index in [1.807, 2.05) is 13.8 Å². The largest absolute Gasteiger partial charge is 0.271 e. The summed E-state index contributed by atoms with van der Waals surface area (Å²) in [5, 5.41) is 4.39. The maximum Gasteiger partial charge on any atom is 0.194 e. The standard InChI is InChI=1S/C13H14ClF3N4/c1-6(2)21-13(8(14)5-19-21)12(20-18)7-3-9(15)11(17)10(16)4-7/h3-6,12,20H,18H2,1-2H3. The van der Waals surface area contributed by atoms with Gasteiger partial charge in [0.15, 0.2) is 17.5 Å². The quantitative estimate of drug-likeness (QED) is 0.517. The predicted octanol–water partition coefficient (Wildman–Crippen LogP) is 3.09. The van der Waals surface area contributed by atoms with E-state index in [2.05, 4.69) is 10.5 Å². The van der Waals surface area contributed by atoms with E-state index in [1.165, 1.54) is 6.20 Å². The van der Waals surface area contributed by atoms with Gasteiger partial charge in [-0.3, -0.25) is 10.5 Å². The SMILES string of the molecule is CC(C)n1ncc(Cl)c1C(NN)c1cc(F)c(F)c(F)c1. The molecule has 0 aliphatic heterocycles. The van der Waals surface area contributed by atoms with Gasteiger partial charge in [-0.25, -0.2) is 18.6 Å². The summed E-state index contributed by atoms with van der Waals surface area (Å²) in [6.45, 7) is 3.73. The first-order chi connectivity index (χ1) is 9.86. The van der Waals surface area contributed by atoms with Crippen LogP contribution in [0.2, 0.25) is 5.02 Å². The molecule has 1 unspecified atom stereocenters. The van der Waals surface area contributed by atoms with Crippen LogP contribution in [0, 0.1) is 17.5 Å². The summed E-state index contributed by atoms with van der Waals surface area (Å²) in [5.41, 5.74) is 2.98. The van der Waals surface area contributed by atoms with E-state index in [9.17, 15) is 13.2 Å². The zero-order valence-corrected chi connectivity index (χ0v) is 12.1. The Morgan fingerprint density at radius 1 is 1.24 bits per heavy atom. The third kappa shape index (κ3) is 2.90. The van der Waals surface area contributed by atoms with Crippen molar-refractivity contribution in [2.75, 3.05) is 0 Å². The lowest BCUT2D eigenvalue weighted by Crippen LogP contribution is -2.31. The van der Waals surface area contributed by atoms with E-state index in [1.54, 1.807) is 4.68 Å². The fourth-order valence-electron chi connectivity index (χ4n) is 2.11. The Hall–Kier alpha value is -1.57. The molecule has 21 heavy (non-hydrogen) atoms. The van der Waals surface area contributed by atoms with Gasteiger partial charge < -0.3 is 0 Å². The molecule has 0 fully saturated rings. The number of nitrogens with one attached hydrogen (secondary N) is 1. The monoisotopic (exact) mass is 318 g/mol. The lowest BCUT2D eigenvalue weighted by atomic mass is 10.0. The minimum atomic E-state index is -1.53. The van der Waals surface area contributed by atoms with Crippen molar-refractivity contribution in [2.24, 2.45) is 5.84 Å². The summed E-state index contributed by atoms with van der Waals surface area (Å²) in [6.07, 6.45) is 1.41. The van der Waals surface area contributed by atoms with Crippen LogP contribution < -0.4 is 11.3 Å². The van der Waals surface area contributed by atoms with Crippen LogP contribution in [0.5, 0.6) is 0 Å². The van der Waals surface area contributed by atoms with Crippen LogP contribution in [0.25, 0.3) is 0 Å². The summed E-state index contributed by atoms with van der Waals surface area (Å²) in [7, 11) is 0. The number of benzene rings is 1.